The van der Waals surface area contributed by atoms with Crippen molar-refractivity contribution in [3.63, 3.8) is 0 Å². The molecule has 7 nitrogen and oxygen atoms in total. The number of anilines is 3. The van der Waals surface area contributed by atoms with Crippen LogP contribution in [0.2, 0.25) is 0 Å². The summed E-state index contributed by atoms with van der Waals surface area (Å²) in [7, 11) is -3.97. The molecule has 2 amide bonds. The van der Waals surface area contributed by atoms with E-state index in [4.69, 9.17) is 0 Å². The van der Waals surface area contributed by atoms with Gasteiger partial charge < -0.3 is 15.5 Å². The van der Waals surface area contributed by atoms with Crippen LogP contribution >= 0.6 is 0 Å². The van der Waals surface area contributed by atoms with E-state index in [1.165, 1.54) is 18.2 Å². The van der Waals surface area contributed by atoms with Gasteiger partial charge in [-0.2, -0.15) is 13.2 Å². The van der Waals surface area contributed by atoms with E-state index in [9.17, 15) is 26.4 Å². The Hall–Kier alpha value is -2.73. The third-order valence-corrected chi connectivity index (χ3v) is 7.42. The van der Waals surface area contributed by atoms with E-state index in [0.717, 1.165) is 28.9 Å². The van der Waals surface area contributed by atoms with Crippen molar-refractivity contribution >= 4 is 62.7 Å². The van der Waals surface area contributed by atoms with Gasteiger partial charge in [-0.15, -0.1) is 0 Å². The maximum atomic E-state index is 13.3. The smallest absolute Gasteiger partial charge is 0.363 e. The Labute approximate surface area is 242 Å². The van der Waals surface area contributed by atoms with Crippen molar-refractivity contribution in [1.82, 2.24) is 10.0 Å². The zero-order valence-electron chi connectivity index (χ0n) is 21.3. The third-order valence-electron chi connectivity index (χ3n) is 6.08. The first-order chi connectivity index (χ1) is 17.5. The SMILES string of the molecule is CCC1Nc2ccc(C(F)(F)F)cc2N1c1ccc(CCNC(=O)NS(=O)(=O)c2ccc(C)cc2)cc1.[Na]. The van der Waals surface area contributed by atoms with Gasteiger partial charge in [0.2, 0.25) is 0 Å². The second-order valence-electron chi connectivity index (χ2n) is 8.76. The van der Waals surface area contributed by atoms with Crippen LogP contribution in [0.1, 0.15) is 30.0 Å². The quantitative estimate of drug-likeness (QED) is 0.351. The van der Waals surface area contributed by atoms with Crippen LogP contribution in [0, 0.1) is 6.92 Å². The Morgan fingerprint density at radius 3 is 2.29 bits per heavy atom. The first-order valence-electron chi connectivity index (χ1n) is 11.7. The van der Waals surface area contributed by atoms with Crippen molar-refractivity contribution in [2.24, 2.45) is 0 Å². The maximum Gasteiger partial charge on any atom is 0.416 e. The van der Waals surface area contributed by atoms with Crippen LogP contribution in [0.25, 0.3) is 0 Å². The maximum absolute atomic E-state index is 13.3. The molecule has 3 aromatic carbocycles. The molecule has 0 spiro atoms. The largest absolute Gasteiger partial charge is 0.416 e. The Morgan fingerprint density at radius 1 is 1.03 bits per heavy atom. The van der Waals surface area contributed by atoms with Crippen molar-refractivity contribution < 1.29 is 26.4 Å². The number of halogens is 3. The van der Waals surface area contributed by atoms with Gasteiger partial charge in [0.15, 0.2) is 0 Å². The number of amides is 2. The number of urea groups is 1. The summed E-state index contributed by atoms with van der Waals surface area (Å²) >= 11 is 0. The number of aryl methyl sites for hydroxylation is 1. The Kier molecular flexibility index (Phi) is 9.40. The third kappa shape index (κ3) is 6.82. The molecule has 0 saturated heterocycles. The molecule has 3 N–H and O–H groups in total. The number of hydrogen-bond acceptors (Lipinski definition) is 5. The summed E-state index contributed by atoms with van der Waals surface area (Å²) in [6, 6.07) is 16.3. The number of nitrogens with one attached hydrogen (secondary N) is 3. The van der Waals surface area contributed by atoms with Gasteiger partial charge in [-0.25, -0.2) is 17.9 Å². The summed E-state index contributed by atoms with van der Waals surface area (Å²) in [6.07, 6.45) is -3.52. The Morgan fingerprint density at radius 2 is 1.68 bits per heavy atom. The van der Waals surface area contributed by atoms with Gasteiger partial charge in [0.25, 0.3) is 10.0 Å². The topological polar surface area (TPSA) is 90.5 Å². The van der Waals surface area contributed by atoms with E-state index in [2.05, 4.69) is 10.6 Å². The fraction of sp³-hybridized carbons (Fsp3) is 0.269. The summed E-state index contributed by atoms with van der Waals surface area (Å²) in [5, 5.41) is 5.79. The molecule has 0 aromatic heterocycles. The Bertz CT molecular complexity index is 1380. The minimum Gasteiger partial charge on any atom is -0.363 e. The van der Waals surface area contributed by atoms with E-state index in [1.54, 1.807) is 12.1 Å². The van der Waals surface area contributed by atoms with E-state index in [-0.39, 0.29) is 47.2 Å². The zero-order valence-corrected chi connectivity index (χ0v) is 24.1. The molecule has 0 aliphatic carbocycles. The number of alkyl halides is 3. The fourth-order valence-corrected chi connectivity index (χ4v) is 5.05. The molecule has 1 aliphatic rings. The monoisotopic (exact) mass is 555 g/mol. The molecule has 4 rings (SSSR count). The van der Waals surface area contributed by atoms with Crippen molar-refractivity contribution in [2.75, 3.05) is 16.8 Å². The summed E-state index contributed by atoms with van der Waals surface area (Å²) in [5.74, 6) is 0. The van der Waals surface area contributed by atoms with Gasteiger partial charge in [-0.1, -0.05) is 36.8 Å². The minimum absolute atomic E-state index is 0. The molecule has 0 saturated carbocycles. The fourth-order valence-electron chi connectivity index (χ4n) is 4.12. The molecular formula is C26H27F3N4NaO3S. The normalized spacial score (nSPS) is 14.8. The molecule has 0 fully saturated rings. The second kappa shape index (κ2) is 12.0. The van der Waals surface area contributed by atoms with Crippen LogP contribution in [0.3, 0.4) is 0 Å². The molecule has 1 aliphatic heterocycles. The van der Waals surface area contributed by atoms with Crippen LogP contribution in [-0.4, -0.2) is 56.7 Å². The summed E-state index contributed by atoms with van der Waals surface area (Å²) in [5.41, 5.74) is 2.89. The molecule has 1 radical (unpaired) electrons. The van der Waals surface area contributed by atoms with Gasteiger partial charge >= 0.3 is 12.2 Å². The summed E-state index contributed by atoms with van der Waals surface area (Å²) in [4.78, 5) is 13.9. The van der Waals surface area contributed by atoms with Gasteiger partial charge in [-0.05, 0) is 67.8 Å². The molecule has 12 heteroatoms. The standard InChI is InChI=1S/C26H27F3N4O3S.Na/c1-3-24-31-22-13-8-19(26(27,28)29)16-23(22)33(24)20-9-6-18(7-10-20)14-15-30-25(34)32-37(35,36)21-11-4-17(2)5-12-21;/h4-13,16,24,31H,3,14-15H2,1-2H3,(H2,30,32,34);. The van der Waals surface area contributed by atoms with Crippen LogP contribution in [0.4, 0.5) is 35.0 Å². The molecule has 1 atom stereocenters. The summed E-state index contributed by atoms with van der Waals surface area (Å²) < 4.78 is 66.5. The average molecular weight is 556 g/mol. The van der Waals surface area contributed by atoms with Gasteiger partial charge in [0, 0.05) is 41.8 Å². The van der Waals surface area contributed by atoms with E-state index in [1.807, 2.05) is 47.7 Å². The number of carbonyl (C=O) groups is 1. The molecular weight excluding hydrogens is 528 g/mol. The van der Waals surface area contributed by atoms with Crippen LogP contribution in [0.15, 0.2) is 71.6 Å². The van der Waals surface area contributed by atoms with Crippen LogP contribution in [-0.2, 0) is 22.6 Å². The molecule has 3 aromatic rings. The minimum atomic E-state index is -4.44. The average Bonchev–Trinajstić information content (AvgIpc) is 3.22. The van der Waals surface area contributed by atoms with Crippen molar-refractivity contribution in [3.8, 4) is 0 Å². The number of hydrogen-bond donors (Lipinski definition) is 3. The Balaban J connectivity index is 0.00000400. The molecule has 0 bridgehead atoms. The van der Waals surface area contributed by atoms with Crippen molar-refractivity contribution in [2.45, 2.75) is 43.9 Å². The van der Waals surface area contributed by atoms with E-state index < -0.39 is 27.8 Å². The summed E-state index contributed by atoms with van der Waals surface area (Å²) in [6.45, 7) is 3.97. The van der Waals surface area contributed by atoms with Crippen molar-refractivity contribution in [1.29, 1.82) is 0 Å². The van der Waals surface area contributed by atoms with Gasteiger partial charge in [0.05, 0.1) is 21.8 Å². The number of sulfonamides is 1. The predicted molar refractivity (Wildman–Crippen MR) is 142 cm³/mol. The van der Waals surface area contributed by atoms with Gasteiger partial charge in [0.1, 0.15) is 6.17 Å². The number of benzene rings is 3. The number of nitrogens with zero attached hydrogens (tertiary/aromatic N) is 1. The number of rotatable bonds is 7. The van der Waals surface area contributed by atoms with E-state index in [0.29, 0.717) is 24.2 Å². The first-order valence-corrected chi connectivity index (χ1v) is 13.2. The van der Waals surface area contributed by atoms with E-state index >= 15 is 0 Å². The molecule has 1 heterocycles. The molecule has 1 unspecified atom stereocenters. The second-order valence-corrected chi connectivity index (χ2v) is 10.4. The zero-order chi connectivity index (χ0) is 26.8. The van der Waals surface area contributed by atoms with Gasteiger partial charge in [-0.3, -0.25) is 0 Å². The molecule has 197 valence electrons. The van der Waals surface area contributed by atoms with Crippen LogP contribution < -0.4 is 20.3 Å². The van der Waals surface area contributed by atoms with Crippen LogP contribution in [0.5, 0.6) is 0 Å². The molecule has 38 heavy (non-hydrogen) atoms. The number of carbonyl (C=O) groups excluding carboxylic acids is 1. The van der Waals surface area contributed by atoms with Crippen molar-refractivity contribution in [3.05, 3.63) is 83.4 Å². The first kappa shape index (κ1) is 29.8. The number of fused-ring (bicyclic) bond motifs is 1. The predicted octanol–water partition coefficient (Wildman–Crippen LogP) is 5.16.